The quantitative estimate of drug-likeness (QED) is 0.692. The van der Waals surface area contributed by atoms with Crippen molar-refractivity contribution < 1.29 is 9.53 Å². The van der Waals surface area contributed by atoms with Crippen LogP contribution in [0.4, 0.5) is 0 Å². The Bertz CT molecular complexity index is 459. The Kier molecular flexibility index (Phi) is 5.39. The van der Waals surface area contributed by atoms with Crippen LogP contribution in [0.1, 0.15) is 31.3 Å². The number of hydrogen-bond acceptors (Lipinski definition) is 8. The van der Waals surface area contributed by atoms with Gasteiger partial charge in [-0.05, 0) is 43.3 Å². The van der Waals surface area contributed by atoms with E-state index in [1.165, 1.54) is 12.3 Å². The third kappa shape index (κ3) is 6.71. The predicted molar refractivity (Wildman–Crippen MR) is 64.8 cm³/mol. The van der Waals surface area contributed by atoms with Gasteiger partial charge in [-0.3, -0.25) is 0 Å². The summed E-state index contributed by atoms with van der Waals surface area (Å²) < 4.78 is 5.05. The molecule has 0 saturated carbocycles. The summed E-state index contributed by atoms with van der Waals surface area (Å²) in [4.78, 5) is 11.3. The van der Waals surface area contributed by atoms with Gasteiger partial charge in [-0.2, -0.15) is 0 Å². The third-order valence-electron chi connectivity index (χ3n) is 1.52. The third-order valence-corrected chi connectivity index (χ3v) is 1.52. The van der Waals surface area contributed by atoms with Gasteiger partial charge in [-0.1, -0.05) is 0 Å². The Labute approximate surface area is 110 Å². The van der Waals surface area contributed by atoms with E-state index in [1.54, 1.807) is 39.2 Å². The minimum Gasteiger partial charge on any atom is -0.455 e. The molecule has 0 aliphatic heterocycles. The molecule has 0 aliphatic rings. The average Bonchev–Trinajstić information content (AvgIpc) is 2.40. The summed E-state index contributed by atoms with van der Waals surface area (Å²) in [5.74, 6) is -0.484. The van der Waals surface area contributed by atoms with Crippen molar-refractivity contribution in [3.63, 3.8) is 0 Å². The molecule has 0 atom stereocenters. The van der Waals surface area contributed by atoms with Gasteiger partial charge in [0.05, 0.1) is 18.6 Å². The van der Waals surface area contributed by atoms with Crippen LogP contribution in [0.25, 0.3) is 0 Å². The van der Waals surface area contributed by atoms with Crippen LogP contribution in [-0.2, 0) is 4.74 Å². The fraction of sp³-hybridized carbons (Fsp3) is 0.364. The van der Waals surface area contributed by atoms with Gasteiger partial charge in [-0.15, -0.1) is 20.4 Å². The zero-order valence-electron chi connectivity index (χ0n) is 10.9. The average molecular weight is 262 g/mol. The number of aromatic nitrogens is 6. The largest absolute Gasteiger partial charge is 0.455 e. The van der Waals surface area contributed by atoms with Gasteiger partial charge in [0.15, 0.2) is 5.69 Å². The normalized spacial score (nSPS) is 10.1. The van der Waals surface area contributed by atoms with Crippen molar-refractivity contribution in [2.24, 2.45) is 0 Å². The maximum atomic E-state index is 11.3. The van der Waals surface area contributed by atoms with E-state index in [-0.39, 0.29) is 5.69 Å². The molecule has 19 heavy (non-hydrogen) atoms. The van der Waals surface area contributed by atoms with Gasteiger partial charge in [0.1, 0.15) is 5.60 Å². The standard InChI is InChI=1S/C8H11N3O2.C3H3N3/c1-8(2,3)13-7(12)6-4-5-9-11-10-6;1-2-4-6-5-3-1/h4-5H,1-3H3;1-3H. The number of esters is 1. The van der Waals surface area contributed by atoms with Crippen molar-refractivity contribution in [1.29, 1.82) is 0 Å². The Balaban J connectivity index is 0.000000250. The van der Waals surface area contributed by atoms with Gasteiger partial charge in [0, 0.05) is 0 Å². The van der Waals surface area contributed by atoms with Crippen molar-refractivity contribution in [3.05, 3.63) is 36.4 Å². The second-order valence-corrected chi connectivity index (χ2v) is 4.32. The van der Waals surface area contributed by atoms with Crippen LogP contribution in [0.15, 0.2) is 30.7 Å². The highest BCUT2D eigenvalue weighted by Gasteiger charge is 2.18. The van der Waals surface area contributed by atoms with Crippen LogP contribution in [0, 0.1) is 0 Å². The van der Waals surface area contributed by atoms with Crippen molar-refractivity contribution in [2.45, 2.75) is 26.4 Å². The van der Waals surface area contributed by atoms with Crippen LogP contribution in [-0.4, -0.2) is 42.4 Å². The zero-order valence-corrected chi connectivity index (χ0v) is 10.9. The molecule has 2 heterocycles. The number of nitrogens with zero attached hydrogens (tertiary/aromatic N) is 6. The lowest BCUT2D eigenvalue weighted by Gasteiger charge is -2.18. The van der Waals surface area contributed by atoms with Crippen LogP contribution < -0.4 is 0 Å². The molecule has 8 nitrogen and oxygen atoms in total. The van der Waals surface area contributed by atoms with Gasteiger partial charge >= 0.3 is 5.97 Å². The van der Waals surface area contributed by atoms with Crippen molar-refractivity contribution in [2.75, 3.05) is 0 Å². The first-order chi connectivity index (χ1) is 8.99. The second kappa shape index (κ2) is 7.04. The number of rotatable bonds is 1. The summed E-state index contributed by atoms with van der Waals surface area (Å²) in [6.45, 7) is 5.37. The van der Waals surface area contributed by atoms with E-state index in [4.69, 9.17) is 4.74 Å². The maximum Gasteiger partial charge on any atom is 0.359 e. The predicted octanol–water partition coefficient (Wildman–Crippen LogP) is 0.698. The monoisotopic (exact) mass is 262 g/mol. The second-order valence-electron chi connectivity index (χ2n) is 4.32. The fourth-order valence-corrected chi connectivity index (χ4v) is 0.885. The summed E-state index contributed by atoms with van der Waals surface area (Å²) in [6, 6.07) is 3.17. The Hall–Kier alpha value is -2.51. The molecular formula is C11H14N6O2. The molecule has 0 saturated heterocycles. The lowest BCUT2D eigenvalue weighted by atomic mass is 10.2. The number of carbonyl (C=O) groups excluding carboxylic acids is 1. The molecule has 2 rings (SSSR count). The van der Waals surface area contributed by atoms with E-state index in [0.717, 1.165) is 0 Å². The smallest absolute Gasteiger partial charge is 0.359 e. The van der Waals surface area contributed by atoms with E-state index in [0.29, 0.717) is 0 Å². The first-order valence-electron chi connectivity index (χ1n) is 5.45. The SMILES string of the molecule is CC(C)(C)OC(=O)c1ccnnn1.c1cnnnc1. The summed E-state index contributed by atoms with van der Waals surface area (Å²) >= 11 is 0. The van der Waals surface area contributed by atoms with Gasteiger partial charge in [0.25, 0.3) is 0 Å². The zero-order chi connectivity index (χ0) is 14.1. The summed E-state index contributed by atoms with van der Waals surface area (Å²) in [5.41, 5.74) is -0.341. The molecule has 0 aromatic carbocycles. The Morgan fingerprint density at radius 2 is 1.68 bits per heavy atom. The molecule has 2 aromatic heterocycles. The molecule has 0 N–H and O–H groups in total. The Morgan fingerprint density at radius 3 is 2.05 bits per heavy atom. The van der Waals surface area contributed by atoms with Crippen molar-refractivity contribution in [3.8, 4) is 0 Å². The highest BCUT2D eigenvalue weighted by molar-refractivity contribution is 5.87. The number of carbonyl (C=O) groups is 1. The summed E-state index contributed by atoms with van der Waals surface area (Å²) in [6.07, 6.45) is 4.55. The molecule has 8 heteroatoms. The molecule has 100 valence electrons. The summed E-state index contributed by atoms with van der Waals surface area (Å²) in [5, 5.41) is 20.4. The van der Waals surface area contributed by atoms with Gasteiger partial charge in [0.2, 0.25) is 0 Å². The molecule has 0 fully saturated rings. The first kappa shape index (κ1) is 14.6. The van der Waals surface area contributed by atoms with Crippen LogP contribution in [0.2, 0.25) is 0 Å². The maximum absolute atomic E-state index is 11.3. The van der Waals surface area contributed by atoms with Gasteiger partial charge < -0.3 is 4.74 Å². The van der Waals surface area contributed by atoms with Crippen LogP contribution >= 0.6 is 0 Å². The van der Waals surface area contributed by atoms with E-state index in [1.807, 2.05) is 0 Å². The molecule has 0 bridgehead atoms. The molecule has 2 aromatic rings. The number of hydrogen-bond donors (Lipinski definition) is 0. The highest BCUT2D eigenvalue weighted by Crippen LogP contribution is 2.09. The van der Waals surface area contributed by atoms with E-state index >= 15 is 0 Å². The van der Waals surface area contributed by atoms with Crippen LogP contribution in [0.3, 0.4) is 0 Å². The van der Waals surface area contributed by atoms with Crippen molar-refractivity contribution >= 4 is 5.97 Å². The Morgan fingerprint density at radius 1 is 1.05 bits per heavy atom. The lowest BCUT2D eigenvalue weighted by molar-refractivity contribution is 0.00611. The molecular weight excluding hydrogens is 248 g/mol. The molecule has 0 radical (unpaired) electrons. The lowest BCUT2D eigenvalue weighted by Crippen LogP contribution is -2.24. The molecule has 0 unspecified atom stereocenters. The first-order valence-corrected chi connectivity index (χ1v) is 5.45. The van der Waals surface area contributed by atoms with Crippen molar-refractivity contribution in [1.82, 2.24) is 30.8 Å². The van der Waals surface area contributed by atoms with E-state index in [2.05, 4.69) is 30.8 Å². The minimum absolute atomic E-state index is 0.171. The van der Waals surface area contributed by atoms with E-state index in [9.17, 15) is 4.79 Å². The topological polar surface area (TPSA) is 104 Å². The van der Waals surface area contributed by atoms with E-state index < -0.39 is 11.6 Å². The minimum atomic E-state index is -0.512. The fourth-order valence-electron chi connectivity index (χ4n) is 0.885. The summed E-state index contributed by atoms with van der Waals surface area (Å²) in [7, 11) is 0. The highest BCUT2D eigenvalue weighted by atomic mass is 16.6. The number of ether oxygens (including phenoxy) is 1. The molecule has 0 spiro atoms. The van der Waals surface area contributed by atoms with Crippen LogP contribution in [0.5, 0.6) is 0 Å². The molecule has 0 amide bonds. The van der Waals surface area contributed by atoms with Gasteiger partial charge in [-0.25, -0.2) is 4.79 Å². The molecule has 0 aliphatic carbocycles.